The van der Waals surface area contributed by atoms with Gasteiger partial charge in [-0.05, 0) is 42.5 Å². The summed E-state index contributed by atoms with van der Waals surface area (Å²) < 4.78 is 37.9. The maximum absolute atomic E-state index is 12.3. The van der Waals surface area contributed by atoms with Crippen molar-refractivity contribution in [2.24, 2.45) is 0 Å². The molecule has 0 spiro atoms. The monoisotopic (exact) mass is 337 g/mol. The second-order valence-electron chi connectivity index (χ2n) is 5.00. The summed E-state index contributed by atoms with van der Waals surface area (Å²) in [5.74, 6) is 0. The molecule has 0 fully saturated rings. The molecule has 0 heterocycles. The number of aliphatic hydroxyl groups excluding tert-OH is 1. The summed E-state index contributed by atoms with van der Waals surface area (Å²) in [5, 5.41) is 12.0. The van der Waals surface area contributed by atoms with Crippen LogP contribution in [-0.4, -0.2) is 30.0 Å². The van der Waals surface area contributed by atoms with E-state index >= 15 is 0 Å². The Bertz CT molecular complexity index is 464. The average molecular weight is 338 g/mol. The third-order valence-corrected chi connectivity index (χ3v) is 4.03. The molecule has 0 radical (unpaired) electrons. The van der Waals surface area contributed by atoms with Gasteiger partial charge in [-0.3, -0.25) is 0 Å². The molecule has 0 bridgehead atoms. The first-order chi connectivity index (χ1) is 8.84. The molecule has 0 aliphatic heterocycles. The van der Waals surface area contributed by atoms with Gasteiger partial charge < -0.3 is 10.4 Å². The number of hydrogen-bond donors (Lipinski definition) is 2. The van der Waals surface area contributed by atoms with Gasteiger partial charge >= 0.3 is 6.18 Å². The van der Waals surface area contributed by atoms with E-state index in [1.165, 1.54) is 0 Å². The lowest BCUT2D eigenvalue weighted by molar-refractivity contribution is -0.130. The van der Waals surface area contributed by atoms with Crippen molar-refractivity contribution in [1.82, 2.24) is 5.32 Å². The summed E-state index contributed by atoms with van der Waals surface area (Å²) in [7, 11) is 0. The molecule has 1 atom stereocenters. The summed E-state index contributed by atoms with van der Waals surface area (Å²) in [4.78, 5) is 0. The average Bonchev–Trinajstić information content (AvgIpc) is 2.35. The molecule has 0 amide bonds. The summed E-state index contributed by atoms with van der Waals surface area (Å²) in [6, 6.07) is 5.76. The Morgan fingerprint density at radius 3 is 2.68 bits per heavy atom. The van der Waals surface area contributed by atoms with Crippen LogP contribution in [-0.2, 0) is 12.8 Å². The summed E-state index contributed by atoms with van der Waals surface area (Å²) in [6.07, 6.45) is -2.67. The molecular formula is C13H15BrF3NO. The Hall–Kier alpha value is -0.590. The maximum Gasteiger partial charge on any atom is 0.401 e. The van der Waals surface area contributed by atoms with Gasteiger partial charge in [0.1, 0.15) is 0 Å². The van der Waals surface area contributed by atoms with Crippen molar-refractivity contribution in [3.05, 3.63) is 33.8 Å². The standard InChI is InChI=1S/C13H15BrF3NO/c14-11-2-1-10-6-12(8-19,4-3-9(10)5-11)18-7-13(15,16)17/h1-2,5,18-19H,3-4,6-8H2. The van der Waals surface area contributed by atoms with Crippen LogP contribution >= 0.6 is 15.9 Å². The Morgan fingerprint density at radius 2 is 2.05 bits per heavy atom. The van der Waals surface area contributed by atoms with Crippen LogP contribution in [0.4, 0.5) is 13.2 Å². The highest BCUT2D eigenvalue weighted by Crippen LogP contribution is 2.31. The minimum absolute atomic E-state index is 0.293. The van der Waals surface area contributed by atoms with Crippen molar-refractivity contribution >= 4 is 15.9 Å². The van der Waals surface area contributed by atoms with Crippen LogP contribution in [0.3, 0.4) is 0 Å². The molecule has 1 aliphatic carbocycles. The van der Waals surface area contributed by atoms with E-state index in [9.17, 15) is 18.3 Å². The molecule has 19 heavy (non-hydrogen) atoms. The van der Waals surface area contributed by atoms with Crippen molar-refractivity contribution < 1.29 is 18.3 Å². The number of fused-ring (bicyclic) bond motifs is 1. The van der Waals surface area contributed by atoms with Crippen molar-refractivity contribution in [1.29, 1.82) is 0 Å². The number of nitrogens with one attached hydrogen (secondary N) is 1. The maximum atomic E-state index is 12.3. The van der Waals surface area contributed by atoms with E-state index in [4.69, 9.17) is 0 Å². The second kappa shape index (κ2) is 5.42. The molecule has 1 unspecified atom stereocenters. The van der Waals surface area contributed by atoms with Gasteiger partial charge in [-0.2, -0.15) is 13.2 Å². The van der Waals surface area contributed by atoms with E-state index in [1.54, 1.807) is 0 Å². The van der Waals surface area contributed by atoms with E-state index in [2.05, 4.69) is 21.2 Å². The minimum atomic E-state index is -4.26. The largest absolute Gasteiger partial charge is 0.401 e. The highest BCUT2D eigenvalue weighted by atomic mass is 79.9. The first kappa shape index (κ1) is 14.8. The van der Waals surface area contributed by atoms with Gasteiger partial charge in [-0.1, -0.05) is 22.0 Å². The number of alkyl halides is 3. The lowest BCUT2D eigenvalue weighted by Gasteiger charge is -2.38. The van der Waals surface area contributed by atoms with Gasteiger partial charge in [0.2, 0.25) is 0 Å². The Labute approximate surface area is 118 Å². The summed E-state index contributed by atoms with van der Waals surface area (Å²) in [6.45, 7) is -1.36. The second-order valence-corrected chi connectivity index (χ2v) is 5.91. The zero-order valence-corrected chi connectivity index (χ0v) is 11.8. The van der Waals surface area contributed by atoms with Gasteiger partial charge in [0.05, 0.1) is 13.2 Å². The van der Waals surface area contributed by atoms with Gasteiger partial charge in [0.15, 0.2) is 0 Å². The molecule has 0 saturated carbocycles. The third kappa shape index (κ3) is 3.70. The Kier molecular flexibility index (Phi) is 4.23. The fraction of sp³-hybridized carbons (Fsp3) is 0.538. The number of halogens is 4. The smallest absolute Gasteiger partial charge is 0.394 e. The number of aliphatic hydroxyl groups is 1. The quantitative estimate of drug-likeness (QED) is 0.888. The number of benzene rings is 1. The highest BCUT2D eigenvalue weighted by Gasteiger charge is 2.37. The van der Waals surface area contributed by atoms with E-state index in [0.29, 0.717) is 19.3 Å². The molecule has 6 heteroatoms. The zero-order valence-electron chi connectivity index (χ0n) is 10.2. The summed E-state index contributed by atoms with van der Waals surface area (Å²) >= 11 is 3.38. The fourth-order valence-corrected chi connectivity index (χ4v) is 2.86. The van der Waals surface area contributed by atoms with E-state index < -0.39 is 18.3 Å². The SMILES string of the molecule is OCC1(NCC(F)(F)F)CCc2cc(Br)ccc2C1. The topological polar surface area (TPSA) is 32.3 Å². The van der Waals surface area contributed by atoms with Crippen LogP contribution in [0.15, 0.2) is 22.7 Å². The van der Waals surface area contributed by atoms with Crippen LogP contribution in [0.5, 0.6) is 0 Å². The number of rotatable bonds is 3. The summed E-state index contributed by atoms with van der Waals surface area (Å²) in [5.41, 5.74) is 1.27. The molecular weight excluding hydrogens is 323 g/mol. The van der Waals surface area contributed by atoms with Crippen molar-refractivity contribution in [3.63, 3.8) is 0 Å². The molecule has 106 valence electrons. The zero-order chi connectivity index (χ0) is 14.1. The molecule has 0 saturated heterocycles. The first-order valence-electron chi connectivity index (χ1n) is 6.04. The lowest BCUT2D eigenvalue weighted by atomic mass is 9.78. The predicted molar refractivity (Wildman–Crippen MR) is 70.0 cm³/mol. The van der Waals surface area contributed by atoms with Crippen molar-refractivity contribution in [2.45, 2.75) is 31.0 Å². The van der Waals surface area contributed by atoms with E-state index in [-0.39, 0.29) is 6.61 Å². The number of aryl methyl sites for hydroxylation is 1. The lowest BCUT2D eigenvalue weighted by Crippen LogP contribution is -2.55. The van der Waals surface area contributed by atoms with Crippen LogP contribution in [0, 0.1) is 0 Å². The van der Waals surface area contributed by atoms with Crippen molar-refractivity contribution in [3.8, 4) is 0 Å². The van der Waals surface area contributed by atoms with Gasteiger partial charge in [0, 0.05) is 10.0 Å². The van der Waals surface area contributed by atoms with Crippen LogP contribution < -0.4 is 5.32 Å². The predicted octanol–water partition coefficient (Wildman–Crippen LogP) is 2.82. The van der Waals surface area contributed by atoms with Gasteiger partial charge in [-0.25, -0.2) is 0 Å². The van der Waals surface area contributed by atoms with Gasteiger partial charge in [-0.15, -0.1) is 0 Å². The normalized spacial score (nSPS) is 23.2. The molecule has 2 rings (SSSR count). The molecule has 1 aromatic carbocycles. The molecule has 1 aliphatic rings. The first-order valence-corrected chi connectivity index (χ1v) is 6.83. The van der Waals surface area contributed by atoms with Crippen LogP contribution in [0.25, 0.3) is 0 Å². The minimum Gasteiger partial charge on any atom is -0.394 e. The van der Waals surface area contributed by atoms with E-state index in [0.717, 1.165) is 15.6 Å². The Balaban J connectivity index is 2.14. The Morgan fingerprint density at radius 1 is 1.32 bits per heavy atom. The molecule has 1 aromatic rings. The van der Waals surface area contributed by atoms with Gasteiger partial charge in [0.25, 0.3) is 0 Å². The van der Waals surface area contributed by atoms with Crippen molar-refractivity contribution in [2.75, 3.05) is 13.2 Å². The molecule has 2 nitrogen and oxygen atoms in total. The fourth-order valence-electron chi connectivity index (χ4n) is 2.46. The number of hydrogen-bond acceptors (Lipinski definition) is 2. The molecule has 2 N–H and O–H groups in total. The highest BCUT2D eigenvalue weighted by molar-refractivity contribution is 9.10. The van der Waals surface area contributed by atoms with Crippen LogP contribution in [0.1, 0.15) is 17.5 Å². The van der Waals surface area contributed by atoms with Crippen LogP contribution in [0.2, 0.25) is 0 Å². The third-order valence-electron chi connectivity index (χ3n) is 3.54. The molecule has 0 aromatic heterocycles. The van der Waals surface area contributed by atoms with E-state index in [1.807, 2.05) is 18.2 Å².